The number of benzene rings is 1. The van der Waals surface area contributed by atoms with E-state index in [2.05, 4.69) is 5.32 Å². The first-order chi connectivity index (χ1) is 7.61. The van der Waals surface area contributed by atoms with E-state index in [9.17, 15) is 14.0 Å². The van der Waals surface area contributed by atoms with Crippen molar-refractivity contribution in [3.05, 3.63) is 29.6 Å². The second-order valence-corrected chi connectivity index (χ2v) is 3.32. The van der Waals surface area contributed by atoms with E-state index in [-0.39, 0.29) is 17.8 Å². The number of rotatable bonds is 2. The third-order valence-electron chi connectivity index (χ3n) is 2.34. The van der Waals surface area contributed by atoms with Crippen molar-refractivity contribution in [3.8, 4) is 0 Å². The highest BCUT2D eigenvalue weighted by molar-refractivity contribution is 6.02. The predicted octanol–water partition coefficient (Wildman–Crippen LogP) is 1.05. The van der Waals surface area contributed by atoms with E-state index in [1.54, 1.807) is 0 Å². The molecule has 0 unspecified atom stereocenters. The van der Waals surface area contributed by atoms with Crippen molar-refractivity contribution in [1.82, 2.24) is 5.32 Å². The van der Waals surface area contributed by atoms with Crippen LogP contribution in [0.2, 0.25) is 0 Å². The normalized spacial score (nSPS) is 15.1. The molecule has 2 amide bonds. The molecule has 0 bridgehead atoms. The number of nitrogens with zero attached hydrogens (tertiary/aromatic N) is 1. The van der Waals surface area contributed by atoms with Gasteiger partial charge in [0.15, 0.2) is 0 Å². The van der Waals surface area contributed by atoms with Gasteiger partial charge in [-0.2, -0.15) is 0 Å². The summed E-state index contributed by atoms with van der Waals surface area (Å²) in [6, 6.07) is 3.23. The number of halogens is 1. The van der Waals surface area contributed by atoms with Crippen LogP contribution in [0.25, 0.3) is 0 Å². The summed E-state index contributed by atoms with van der Waals surface area (Å²) in [5.41, 5.74) is -0.387. The first-order valence-electron chi connectivity index (χ1n) is 4.68. The number of aromatic carboxylic acids is 1. The molecule has 0 spiro atoms. The predicted molar refractivity (Wildman–Crippen MR) is 54.1 cm³/mol. The minimum absolute atomic E-state index is 0.176. The molecule has 84 valence electrons. The zero-order valence-corrected chi connectivity index (χ0v) is 8.24. The van der Waals surface area contributed by atoms with Crippen LogP contribution in [-0.2, 0) is 0 Å². The van der Waals surface area contributed by atoms with Gasteiger partial charge in [0.2, 0.25) is 0 Å². The molecule has 1 aromatic carbocycles. The summed E-state index contributed by atoms with van der Waals surface area (Å²) in [6.45, 7) is 0.645. The summed E-state index contributed by atoms with van der Waals surface area (Å²) in [7, 11) is 0. The van der Waals surface area contributed by atoms with Crippen LogP contribution in [-0.4, -0.2) is 30.2 Å². The van der Waals surface area contributed by atoms with Crippen LogP contribution in [0.4, 0.5) is 14.9 Å². The molecule has 2 N–H and O–H groups in total. The molecule has 0 saturated carbocycles. The summed E-state index contributed by atoms with van der Waals surface area (Å²) in [5, 5.41) is 11.4. The third kappa shape index (κ3) is 1.58. The maximum atomic E-state index is 13.6. The molecule has 5 nitrogen and oxygen atoms in total. The highest BCUT2D eigenvalue weighted by Crippen LogP contribution is 2.25. The minimum Gasteiger partial charge on any atom is -0.478 e. The Morgan fingerprint density at radius 1 is 1.50 bits per heavy atom. The van der Waals surface area contributed by atoms with Gasteiger partial charge < -0.3 is 10.4 Å². The van der Waals surface area contributed by atoms with Crippen molar-refractivity contribution in [2.24, 2.45) is 0 Å². The molecule has 2 rings (SSSR count). The molecule has 0 aromatic heterocycles. The number of carbonyl (C=O) groups excluding carboxylic acids is 1. The van der Waals surface area contributed by atoms with E-state index in [0.717, 1.165) is 11.0 Å². The van der Waals surface area contributed by atoms with E-state index >= 15 is 0 Å². The fourth-order valence-corrected chi connectivity index (χ4v) is 1.65. The molecule has 16 heavy (non-hydrogen) atoms. The lowest BCUT2D eigenvalue weighted by Gasteiger charge is -2.17. The molecule has 1 aliphatic rings. The topological polar surface area (TPSA) is 69.6 Å². The molecule has 0 aliphatic carbocycles. The van der Waals surface area contributed by atoms with E-state index in [4.69, 9.17) is 5.11 Å². The van der Waals surface area contributed by atoms with Crippen molar-refractivity contribution >= 4 is 17.7 Å². The quantitative estimate of drug-likeness (QED) is 0.788. The fraction of sp³-hybridized carbons (Fsp3) is 0.200. The number of hydrogen-bond donors (Lipinski definition) is 2. The maximum absolute atomic E-state index is 13.6. The second kappa shape index (κ2) is 3.80. The number of carboxylic acid groups (broad SMARTS) is 1. The summed E-state index contributed by atoms with van der Waals surface area (Å²) in [4.78, 5) is 23.4. The van der Waals surface area contributed by atoms with Crippen LogP contribution in [0.15, 0.2) is 18.2 Å². The number of para-hydroxylation sites is 1. The summed E-state index contributed by atoms with van der Waals surface area (Å²) in [6.07, 6.45) is 0. The van der Waals surface area contributed by atoms with Crippen molar-refractivity contribution in [2.45, 2.75) is 0 Å². The smallest absolute Gasteiger partial charge is 0.337 e. The van der Waals surface area contributed by atoms with Crippen molar-refractivity contribution in [1.29, 1.82) is 0 Å². The highest BCUT2D eigenvalue weighted by Gasteiger charge is 2.28. The zero-order valence-electron chi connectivity index (χ0n) is 8.24. The van der Waals surface area contributed by atoms with Gasteiger partial charge in [-0.25, -0.2) is 14.0 Å². The third-order valence-corrected chi connectivity index (χ3v) is 2.34. The van der Waals surface area contributed by atoms with Crippen LogP contribution < -0.4 is 10.2 Å². The van der Waals surface area contributed by atoms with Crippen molar-refractivity contribution in [3.63, 3.8) is 0 Å². The van der Waals surface area contributed by atoms with Gasteiger partial charge in [-0.1, -0.05) is 6.07 Å². The summed E-state index contributed by atoms with van der Waals surface area (Å²) < 4.78 is 13.6. The monoisotopic (exact) mass is 224 g/mol. The summed E-state index contributed by atoms with van der Waals surface area (Å²) >= 11 is 0. The van der Waals surface area contributed by atoms with Gasteiger partial charge in [0.05, 0.1) is 11.3 Å². The lowest BCUT2D eigenvalue weighted by molar-refractivity contribution is 0.0697. The number of hydrogen-bond acceptors (Lipinski definition) is 2. The fourth-order valence-electron chi connectivity index (χ4n) is 1.65. The SMILES string of the molecule is O=C(O)c1cccc(F)c1N1CCNC1=O. The van der Waals surface area contributed by atoms with Crippen LogP contribution in [0.1, 0.15) is 10.4 Å². The Morgan fingerprint density at radius 2 is 2.25 bits per heavy atom. The van der Waals surface area contributed by atoms with Gasteiger partial charge in [0, 0.05) is 13.1 Å². The van der Waals surface area contributed by atoms with Crippen LogP contribution in [0.5, 0.6) is 0 Å². The van der Waals surface area contributed by atoms with Gasteiger partial charge in [-0.3, -0.25) is 4.90 Å². The highest BCUT2D eigenvalue weighted by atomic mass is 19.1. The van der Waals surface area contributed by atoms with Crippen LogP contribution in [0.3, 0.4) is 0 Å². The number of anilines is 1. The zero-order chi connectivity index (χ0) is 11.7. The molecule has 1 heterocycles. The van der Waals surface area contributed by atoms with E-state index in [0.29, 0.717) is 6.54 Å². The molecule has 1 fully saturated rings. The van der Waals surface area contributed by atoms with Gasteiger partial charge in [-0.15, -0.1) is 0 Å². The molecular formula is C10H9FN2O3. The largest absolute Gasteiger partial charge is 0.478 e. The van der Waals surface area contributed by atoms with Crippen molar-refractivity contribution < 1.29 is 19.1 Å². The number of carboxylic acids is 1. The van der Waals surface area contributed by atoms with Crippen LogP contribution in [0, 0.1) is 5.82 Å². The molecule has 1 saturated heterocycles. The lowest BCUT2D eigenvalue weighted by atomic mass is 10.1. The van der Waals surface area contributed by atoms with Gasteiger partial charge in [0.1, 0.15) is 5.82 Å². The number of amides is 2. The minimum atomic E-state index is -1.26. The number of carbonyl (C=O) groups is 2. The Hall–Kier alpha value is -2.11. The molecule has 1 aromatic rings. The Balaban J connectivity index is 2.53. The Morgan fingerprint density at radius 3 is 2.81 bits per heavy atom. The molecular weight excluding hydrogens is 215 g/mol. The molecule has 0 radical (unpaired) electrons. The summed E-state index contributed by atoms with van der Waals surface area (Å²) in [5.74, 6) is -1.97. The Kier molecular flexibility index (Phi) is 2.47. The average molecular weight is 224 g/mol. The first-order valence-corrected chi connectivity index (χ1v) is 4.68. The second-order valence-electron chi connectivity index (χ2n) is 3.32. The van der Waals surface area contributed by atoms with Gasteiger partial charge in [0.25, 0.3) is 0 Å². The number of nitrogens with one attached hydrogen (secondary N) is 1. The van der Waals surface area contributed by atoms with E-state index in [1.807, 2.05) is 0 Å². The molecule has 6 heteroatoms. The first kappa shape index (κ1) is 10.4. The average Bonchev–Trinajstić information content (AvgIpc) is 2.64. The van der Waals surface area contributed by atoms with Crippen molar-refractivity contribution in [2.75, 3.05) is 18.0 Å². The van der Waals surface area contributed by atoms with Gasteiger partial charge >= 0.3 is 12.0 Å². The van der Waals surface area contributed by atoms with Crippen LogP contribution >= 0.6 is 0 Å². The van der Waals surface area contributed by atoms with E-state index < -0.39 is 17.8 Å². The lowest BCUT2D eigenvalue weighted by Crippen LogP contribution is -2.30. The Bertz CT molecular complexity index is 461. The van der Waals surface area contributed by atoms with Gasteiger partial charge in [-0.05, 0) is 12.1 Å². The van der Waals surface area contributed by atoms with E-state index in [1.165, 1.54) is 12.1 Å². The Labute approximate surface area is 90.5 Å². The molecule has 0 atom stereocenters. The maximum Gasteiger partial charge on any atom is 0.337 e. The molecule has 1 aliphatic heterocycles. The number of urea groups is 1. The standard InChI is InChI=1S/C10H9FN2O3/c11-7-3-1-2-6(9(14)15)8(7)13-5-4-12-10(13)16/h1-3H,4-5H2,(H,12,16)(H,14,15).